The molecule has 0 radical (unpaired) electrons. The van der Waals surface area contributed by atoms with Gasteiger partial charge in [0.15, 0.2) is 0 Å². The highest BCUT2D eigenvalue weighted by atomic mass is 16.5. The fraction of sp³-hybridized carbons (Fsp3) is 0.222. The van der Waals surface area contributed by atoms with Crippen molar-refractivity contribution < 1.29 is 14.3 Å². The third kappa shape index (κ3) is 4.41. The Morgan fingerprint density at radius 2 is 1.84 bits per heavy atom. The van der Waals surface area contributed by atoms with Gasteiger partial charge in [-0.2, -0.15) is 4.80 Å². The van der Waals surface area contributed by atoms with Gasteiger partial charge in [0.1, 0.15) is 5.75 Å². The van der Waals surface area contributed by atoms with E-state index in [1.54, 1.807) is 31.4 Å². The summed E-state index contributed by atoms with van der Waals surface area (Å²) >= 11 is 0. The van der Waals surface area contributed by atoms with E-state index in [1.807, 2.05) is 30.3 Å². The van der Waals surface area contributed by atoms with E-state index in [-0.39, 0.29) is 12.6 Å². The van der Waals surface area contributed by atoms with Crippen molar-refractivity contribution >= 4 is 5.97 Å². The minimum absolute atomic E-state index is 0.285. The summed E-state index contributed by atoms with van der Waals surface area (Å²) < 4.78 is 10.3. The molecule has 0 aliphatic heterocycles. The number of carbonyl (C=O) groups is 1. The van der Waals surface area contributed by atoms with Crippen molar-refractivity contribution in [2.24, 2.45) is 0 Å². The van der Waals surface area contributed by atoms with E-state index in [1.165, 1.54) is 4.80 Å². The third-order valence-corrected chi connectivity index (χ3v) is 3.55. The maximum absolute atomic E-state index is 11.9. The molecule has 0 spiro atoms. The Labute approximate surface area is 145 Å². The minimum Gasteiger partial charge on any atom is -0.497 e. The maximum Gasteiger partial charge on any atom is 0.338 e. The molecule has 1 heterocycles. The Bertz CT molecular complexity index is 816. The van der Waals surface area contributed by atoms with Crippen LogP contribution in [0.1, 0.15) is 16.8 Å². The first-order chi connectivity index (χ1) is 12.3. The van der Waals surface area contributed by atoms with Gasteiger partial charge in [-0.25, -0.2) is 4.79 Å². The van der Waals surface area contributed by atoms with Crippen molar-refractivity contribution in [1.82, 2.24) is 20.2 Å². The second kappa shape index (κ2) is 8.05. The van der Waals surface area contributed by atoms with Gasteiger partial charge in [-0.15, -0.1) is 10.2 Å². The number of aryl methyl sites for hydroxylation is 1. The van der Waals surface area contributed by atoms with Gasteiger partial charge in [0, 0.05) is 12.0 Å². The number of hydrogen-bond donors (Lipinski definition) is 0. The topological polar surface area (TPSA) is 79.1 Å². The molecule has 2 aromatic carbocycles. The van der Waals surface area contributed by atoms with E-state index in [2.05, 4.69) is 15.4 Å². The highest BCUT2D eigenvalue weighted by Gasteiger charge is 2.08. The molecule has 0 unspecified atom stereocenters. The van der Waals surface area contributed by atoms with Gasteiger partial charge in [-0.05, 0) is 29.5 Å². The first kappa shape index (κ1) is 16.6. The number of esters is 1. The van der Waals surface area contributed by atoms with E-state index in [9.17, 15) is 4.79 Å². The summed E-state index contributed by atoms with van der Waals surface area (Å²) in [7, 11) is 1.58. The summed E-state index contributed by atoms with van der Waals surface area (Å²) in [6.07, 6.45) is 0.604. The molecule has 0 fully saturated rings. The lowest BCUT2D eigenvalue weighted by molar-refractivity contribution is 0.0493. The van der Waals surface area contributed by atoms with Crippen molar-refractivity contribution in [3.8, 4) is 17.1 Å². The lowest BCUT2D eigenvalue weighted by Crippen LogP contribution is -2.10. The van der Waals surface area contributed by atoms with Crippen molar-refractivity contribution in [3.63, 3.8) is 0 Å². The zero-order chi connectivity index (χ0) is 17.5. The number of rotatable bonds is 7. The monoisotopic (exact) mass is 338 g/mol. The number of benzene rings is 2. The van der Waals surface area contributed by atoms with Crippen LogP contribution in [0.4, 0.5) is 0 Å². The Hall–Kier alpha value is -3.22. The van der Waals surface area contributed by atoms with Crippen molar-refractivity contribution in [2.45, 2.75) is 13.0 Å². The van der Waals surface area contributed by atoms with Gasteiger partial charge in [0.25, 0.3) is 0 Å². The second-order valence-electron chi connectivity index (χ2n) is 5.29. The smallest absolute Gasteiger partial charge is 0.338 e. The van der Waals surface area contributed by atoms with Crippen molar-refractivity contribution in [3.05, 3.63) is 60.2 Å². The first-order valence-corrected chi connectivity index (χ1v) is 7.90. The molecule has 3 aromatic rings. The molecule has 7 heteroatoms. The molecule has 128 valence electrons. The largest absolute Gasteiger partial charge is 0.497 e. The molecule has 1 aromatic heterocycles. The Morgan fingerprint density at radius 3 is 2.56 bits per heavy atom. The predicted molar refractivity (Wildman–Crippen MR) is 91.1 cm³/mol. The molecule has 0 atom stereocenters. The minimum atomic E-state index is -0.362. The van der Waals surface area contributed by atoms with E-state index >= 15 is 0 Å². The van der Waals surface area contributed by atoms with Crippen LogP contribution in [-0.2, 0) is 11.3 Å². The van der Waals surface area contributed by atoms with E-state index in [0.29, 0.717) is 30.1 Å². The molecule has 7 nitrogen and oxygen atoms in total. The molecule has 0 saturated heterocycles. The summed E-state index contributed by atoms with van der Waals surface area (Å²) in [6.45, 7) is 0.808. The summed E-state index contributed by atoms with van der Waals surface area (Å²) in [4.78, 5) is 13.4. The Kier molecular flexibility index (Phi) is 5.36. The fourth-order valence-corrected chi connectivity index (χ4v) is 2.22. The predicted octanol–water partition coefficient (Wildman–Crippen LogP) is 2.60. The number of methoxy groups -OCH3 is 1. The lowest BCUT2D eigenvalue weighted by atomic mass is 10.2. The molecule has 0 amide bonds. The van der Waals surface area contributed by atoms with E-state index in [4.69, 9.17) is 9.47 Å². The van der Waals surface area contributed by atoms with E-state index in [0.717, 1.165) is 5.56 Å². The number of carbonyl (C=O) groups excluding carboxylic acids is 1. The fourth-order valence-electron chi connectivity index (χ4n) is 2.22. The molecule has 25 heavy (non-hydrogen) atoms. The molecule has 0 N–H and O–H groups in total. The summed E-state index contributed by atoms with van der Waals surface area (Å²) in [6, 6.07) is 16.4. The number of nitrogens with zero attached hydrogens (tertiary/aromatic N) is 4. The molecule has 3 rings (SSSR count). The average molecular weight is 338 g/mol. The van der Waals surface area contributed by atoms with Crippen LogP contribution in [0.15, 0.2) is 54.6 Å². The first-order valence-electron chi connectivity index (χ1n) is 7.90. The van der Waals surface area contributed by atoms with Crippen LogP contribution in [0, 0.1) is 0 Å². The van der Waals surface area contributed by atoms with Gasteiger partial charge < -0.3 is 9.47 Å². The number of hydrogen-bond acceptors (Lipinski definition) is 6. The van der Waals surface area contributed by atoms with Crippen LogP contribution >= 0.6 is 0 Å². The van der Waals surface area contributed by atoms with Crippen LogP contribution in [0.2, 0.25) is 0 Å². The molecule has 0 aliphatic carbocycles. The van der Waals surface area contributed by atoms with Crippen LogP contribution in [-0.4, -0.2) is 39.9 Å². The third-order valence-electron chi connectivity index (χ3n) is 3.55. The summed E-state index contributed by atoms with van der Waals surface area (Å²) in [5, 5.41) is 12.3. The SMILES string of the molecule is COc1ccc(C(=O)OCCCn2nnc(-c3ccccc3)n2)cc1. The van der Waals surface area contributed by atoms with Gasteiger partial charge >= 0.3 is 5.97 Å². The summed E-state index contributed by atoms with van der Waals surface area (Å²) in [5.41, 5.74) is 1.41. The molecular formula is C18H18N4O3. The van der Waals surface area contributed by atoms with Crippen LogP contribution in [0.3, 0.4) is 0 Å². The van der Waals surface area contributed by atoms with E-state index < -0.39 is 0 Å². The number of tetrazole rings is 1. The molecule has 0 saturated carbocycles. The van der Waals surface area contributed by atoms with Gasteiger partial charge in [0.2, 0.25) is 5.82 Å². The zero-order valence-electron chi connectivity index (χ0n) is 13.8. The molecular weight excluding hydrogens is 320 g/mol. The van der Waals surface area contributed by atoms with Crippen LogP contribution < -0.4 is 4.74 Å². The lowest BCUT2D eigenvalue weighted by Gasteiger charge is -2.05. The zero-order valence-corrected chi connectivity index (χ0v) is 13.8. The summed E-state index contributed by atoms with van der Waals surface area (Å²) in [5.74, 6) is 0.915. The second-order valence-corrected chi connectivity index (χ2v) is 5.29. The van der Waals surface area contributed by atoms with Crippen molar-refractivity contribution in [1.29, 1.82) is 0 Å². The standard InChI is InChI=1S/C18H18N4O3/c1-24-16-10-8-15(9-11-16)18(23)25-13-5-12-22-20-17(19-21-22)14-6-3-2-4-7-14/h2-4,6-11H,5,12-13H2,1H3. The average Bonchev–Trinajstić information content (AvgIpc) is 3.15. The number of aromatic nitrogens is 4. The maximum atomic E-state index is 11.9. The van der Waals surface area contributed by atoms with Gasteiger partial charge in [-0.3, -0.25) is 0 Å². The molecule has 0 aliphatic rings. The van der Waals surface area contributed by atoms with Gasteiger partial charge in [0.05, 0.1) is 25.8 Å². The quantitative estimate of drug-likeness (QED) is 0.487. The highest BCUT2D eigenvalue weighted by molar-refractivity contribution is 5.89. The van der Waals surface area contributed by atoms with Crippen LogP contribution in [0.5, 0.6) is 5.75 Å². The number of ether oxygens (including phenoxy) is 2. The normalized spacial score (nSPS) is 10.4. The van der Waals surface area contributed by atoms with Gasteiger partial charge in [-0.1, -0.05) is 30.3 Å². The van der Waals surface area contributed by atoms with Crippen LogP contribution in [0.25, 0.3) is 11.4 Å². The Balaban J connectivity index is 1.45. The van der Waals surface area contributed by atoms with Crippen molar-refractivity contribution in [2.75, 3.05) is 13.7 Å². The molecule has 0 bridgehead atoms. The Morgan fingerprint density at radius 1 is 1.08 bits per heavy atom. The highest BCUT2D eigenvalue weighted by Crippen LogP contribution is 2.13.